The smallest absolute Gasteiger partial charge is 0.249 e. The van der Waals surface area contributed by atoms with Gasteiger partial charge in [0.2, 0.25) is 11.8 Å². The molecule has 206 valence electrons. The van der Waals surface area contributed by atoms with Crippen molar-refractivity contribution in [1.82, 2.24) is 20.3 Å². The van der Waals surface area contributed by atoms with Gasteiger partial charge in [0, 0.05) is 18.3 Å². The van der Waals surface area contributed by atoms with Crippen molar-refractivity contribution >= 4 is 28.5 Å². The van der Waals surface area contributed by atoms with Gasteiger partial charge in [-0.25, -0.2) is 4.68 Å². The monoisotopic (exact) mass is 547 g/mol. The van der Waals surface area contributed by atoms with Crippen LogP contribution in [0.15, 0.2) is 97.1 Å². The summed E-state index contributed by atoms with van der Waals surface area (Å²) < 4.78 is 13.1. The van der Waals surface area contributed by atoms with Gasteiger partial charge in [0.25, 0.3) is 0 Å². The van der Waals surface area contributed by atoms with Crippen molar-refractivity contribution in [1.29, 1.82) is 0 Å². The van der Waals surface area contributed by atoms with Crippen LogP contribution in [-0.4, -0.2) is 40.0 Å². The molecule has 1 N–H and O–H groups in total. The molecule has 0 saturated heterocycles. The van der Waals surface area contributed by atoms with Crippen LogP contribution < -0.4 is 19.7 Å². The number of fused-ring (bicyclic) bond motifs is 2. The molecule has 1 atom stereocenters. The molecule has 0 saturated carbocycles. The third kappa shape index (κ3) is 5.47. The van der Waals surface area contributed by atoms with Gasteiger partial charge in [-0.3, -0.25) is 14.5 Å². The Morgan fingerprint density at radius 1 is 0.902 bits per heavy atom. The van der Waals surface area contributed by atoms with Crippen molar-refractivity contribution in [3.05, 3.63) is 114 Å². The van der Waals surface area contributed by atoms with Gasteiger partial charge in [-0.15, -0.1) is 5.10 Å². The number of para-hydroxylation sites is 1. The summed E-state index contributed by atoms with van der Waals surface area (Å²) in [6.07, 6.45) is 0. The summed E-state index contributed by atoms with van der Waals surface area (Å²) in [5.41, 5.74) is 4.47. The number of hydrogen-bond acceptors (Lipinski definition) is 6. The molecule has 9 heteroatoms. The number of amides is 2. The largest absolute Gasteiger partial charge is 0.486 e. The molecule has 0 fully saturated rings. The highest BCUT2D eigenvalue weighted by Crippen LogP contribution is 2.38. The molecule has 1 unspecified atom stereocenters. The van der Waals surface area contributed by atoms with Crippen molar-refractivity contribution in [2.24, 2.45) is 0 Å². The molecule has 5 aromatic rings. The van der Waals surface area contributed by atoms with E-state index in [1.54, 1.807) is 22.9 Å². The molecule has 1 aromatic heterocycles. The van der Waals surface area contributed by atoms with Crippen molar-refractivity contribution in [3.63, 3.8) is 0 Å². The van der Waals surface area contributed by atoms with Crippen LogP contribution in [0, 0.1) is 6.92 Å². The van der Waals surface area contributed by atoms with Gasteiger partial charge in [0.1, 0.15) is 31.3 Å². The molecule has 2 amide bonds. The number of aromatic nitrogens is 3. The Morgan fingerprint density at radius 2 is 1.63 bits per heavy atom. The van der Waals surface area contributed by atoms with E-state index in [-0.39, 0.29) is 18.4 Å². The number of hydrogen-bond donors (Lipinski definition) is 1. The SMILES string of the molecule is Cc1ccccc1C(C(=O)NCc1ccccc1)N(C(=O)Cn1nnc2ccccc21)c1ccc2c(c1)OCCO2. The third-order valence-corrected chi connectivity index (χ3v) is 7.08. The maximum absolute atomic E-state index is 14.3. The lowest BCUT2D eigenvalue weighted by Gasteiger charge is -2.33. The van der Waals surface area contributed by atoms with Gasteiger partial charge in [0.05, 0.1) is 5.52 Å². The van der Waals surface area contributed by atoms with Crippen LogP contribution in [0.25, 0.3) is 11.0 Å². The van der Waals surface area contributed by atoms with Gasteiger partial charge in [-0.2, -0.15) is 0 Å². The molecule has 0 radical (unpaired) electrons. The molecule has 41 heavy (non-hydrogen) atoms. The average Bonchev–Trinajstić information content (AvgIpc) is 3.42. The summed E-state index contributed by atoms with van der Waals surface area (Å²) in [6, 6.07) is 29.1. The van der Waals surface area contributed by atoms with Gasteiger partial charge >= 0.3 is 0 Å². The fourth-order valence-electron chi connectivity index (χ4n) is 5.03. The van der Waals surface area contributed by atoms with Crippen LogP contribution in [-0.2, 0) is 22.7 Å². The van der Waals surface area contributed by atoms with Crippen molar-refractivity contribution in [3.8, 4) is 11.5 Å². The second kappa shape index (κ2) is 11.5. The summed E-state index contributed by atoms with van der Waals surface area (Å²) in [5.74, 6) is 0.469. The highest BCUT2D eigenvalue weighted by atomic mass is 16.6. The summed E-state index contributed by atoms with van der Waals surface area (Å²) >= 11 is 0. The lowest BCUT2D eigenvalue weighted by atomic mass is 9.98. The molecular weight excluding hydrogens is 518 g/mol. The van der Waals surface area contributed by atoms with Crippen LogP contribution in [0.3, 0.4) is 0 Å². The average molecular weight is 548 g/mol. The molecule has 1 aliphatic rings. The summed E-state index contributed by atoms with van der Waals surface area (Å²) in [5, 5.41) is 11.5. The van der Waals surface area contributed by atoms with Crippen LogP contribution in [0.4, 0.5) is 5.69 Å². The van der Waals surface area contributed by atoms with Crippen LogP contribution in [0.5, 0.6) is 11.5 Å². The first-order chi connectivity index (χ1) is 20.1. The number of benzene rings is 4. The van der Waals surface area contributed by atoms with Crippen LogP contribution in [0.1, 0.15) is 22.7 Å². The Morgan fingerprint density at radius 3 is 2.46 bits per heavy atom. The van der Waals surface area contributed by atoms with Gasteiger partial charge in [-0.05, 0) is 47.9 Å². The predicted molar refractivity (Wildman–Crippen MR) is 155 cm³/mol. The highest BCUT2D eigenvalue weighted by Gasteiger charge is 2.35. The number of carbonyl (C=O) groups excluding carboxylic acids is 2. The second-order valence-corrected chi connectivity index (χ2v) is 9.79. The summed E-state index contributed by atoms with van der Waals surface area (Å²) in [6.45, 7) is 2.97. The van der Waals surface area contributed by atoms with Gasteiger partial charge < -0.3 is 14.8 Å². The fourth-order valence-corrected chi connectivity index (χ4v) is 5.03. The fraction of sp³-hybridized carbons (Fsp3) is 0.188. The van der Waals surface area contributed by atoms with Crippen LogP contribution >= 0.6 is 0 Å². The molecule has 6 rings (SSSR count). The van der Waals surface area contributed by atoms with Crippen molar-refractivity contribution in [2.75, 3.05) is 18.1 Å². The maximum Gasteiger partial charge on any atom is 0.249 e. The topological polar surface area (TPSA) is 98.6 Å². The molecule has 2 heterocycles. The highest BCUT2D eigenvalue weighted by molar-refractivity contribution is 6.02. The molecule has 1 aliphatic heterocycles. The van der Waals surface area contributed by atoms with Crippen molar-refractivity contribution < 1.29 is 19.1 Å². The number of carbonyl (C=O) groups is 2. The Balaban J connectivity index is 1.43. The van der Waals surface area contributed by atoms with Gasteiger partial charge in [0.15, 0.2) is 11.5 Å². The Bertz CT molecular complexity index is 1700. The van der Waals surface area contributed by atoms with Gasteiger partial charge in [-0.1, -0.05) is 71.9 Å². The summed E-state index contributed by atoms with van der Waals surface area (Å²) in [7, 11) is 0. The molecule has 0 aliphatic carbocycles. The zero-order chi connectivity index (χ0) is 28.2. The molecule has 4 aromatic carbocycles. The van der Waals surface area contributed by atoms with E-state index in [4.69, 9.17) is 9.47 Å². The number of ether oxygens (including phenoxy) is 2. The first-order valence-corrected chi connectivity index (χ1v) is 13.5. The molecule has 0 bridgehead atoms. The first-order valence-electron chi connectivity index (χ1n) is 13.5. The molecular formula is C32H29N5O4. The zero-order valence-electron chi connectivity index (χ0n) is 22.6. The number of anilines is 1. The van der Waals surface area contributed by atoms with E-state index in [0.29, 0.717) is 48.0 Å². The lowest BCUT2D eigenvalue weighted by Crippen LogP contribution is -2.45. The van der Waals surface area contributed by atoms with E-state index < -0.39 is 6.04 Å². The van der Waals surface area contributed by atoms with E-state index >= 15 is 0 Å². The quantitative estimate of drug-likeness (QED) is 0.305. The predicted octanol–water partition coefficient (Wildman–Crippen LogP) is 4.60. The third-order valence-electron chi connectivity index (χ3n) is 7.08. The molecule has 0 spiro atoms. The maximum atomic E-state index is 14.3. The minimum absolute atomic E-state index is 0.122. The van der Waals surface area contributed by atoms with Crippen molar-refractivity contribution in [2.45, 2.75) is 26.1 Å². The Labute approximate surface area is 237 Å². The Kier molecular flexibility index (Phi) is 7.32. The van der Waals surface area contributed by atoms with E-state index in [1.165, 1.54) is 4.90 Å². The standard InChI is InChI=1S/C32H29N5O4/c1-22-9-5-6-12-25(22)31(32(39)33-20-23-10-3-2-4-11-23)37(24-15-16-28-29(19-24)41-18-17-40-28)30(38)21-36-27-14-8-7-13-26(27)34-35-36/h2-16,19,31H,17-18,20-21H2,1H3,(H,33,39). The first kappa shape index (κ1) is 26.1. The van der Waals surface area contributed by atoms with E-state index in [0.717, 1.165) is 16.6 Å². The number of nitrogens with one attached hydrogen (secondary N) is 1. The van der Waals surface area contributed by atoms with E-state index in [9.17, 15) is 9.59 Å². The lowest BCUT2D eigenvalue weighted by molar-refractivity contribution is -0.127. The van der Waals surface area contributed by atoms with E-state index in [1.807, 2.05) is 85.8 Å². The number of aryl methyl sites for hydroxylation is 1. The Hall–Kier alpha value is -5.18. The number of nitrogens with zero attached hydrogens (tertiary/aromatic N) is 4. The second-order valence-electron chi connectivity index (χ2n) is 9.79. The minimum Gasteiger partial charge on any atom is -0.486 e. The minimum atomic E-state index is -0.968. The molecule has 9 nitrogen and oxygen atoms in total. The van der Waals surface area contributed by atoms with Crippen LogP contribution in [0.2, 0.25) is 0 Å². The summed E-state index contributed by atoms with van der Waals surface area (Å²) in [4.78, 5) is 29.9. The normalized spacial score (nSPS) is 13.0. The number of rotatable bonds is 8. The zero-order valence-corrected chi connectivity index (χ0v) is 22.6. The van der Waals surface area contributed by atoms with E-state index in [2.05, 4.69) is 15.6 Å².